The lowest BCUT2D eigenvalue weighted by molar-refractivity contribution is -0.00271. The van der Waals surface area contributed by atoms with Crippen LogP contribution in [0.15, 0.2) is 36.5 Å². The Balaban J connectivity index is 4.95. The van der Waals surface area contributed by atoms with Crippen molar-refractivity contribution in [3.8, 4) is 0 Å². The first-order chi connectivity index (χ1) is 20.2. The molecule has 0 heterocycles. The third kappa shape index (κ3) is 30.4. The van der Waals surface area contributed by atoms with E-state index in [-0.39, 0.29) is 0 Å². The van der Waals surface area contributed by atoms with Crippen LogP contribution in [0.1, 0.15) is 175 Å². The Kier molecular flexibility index (Phi) is 32.9. The highest BCUT2D eigenvalue weighted by molar-refractivity contribution is 4.85. The highest BCUT2D eigenvalue weighted by atomic mass is 16.5. The first-order valence-electron chi connectivity index (χ1n) is 18.4. The Hall–Kier alpha value is -0.860. The standard InChI is InChI=1S/C39H75NO/c1-6-9-12-15-18-21-24-28-33-38(34-29-25-22-19-16-13-10-7-2)39(41-37-32-27-31-36-40(4)5)35-30-26-23-20-17-14-11-8-3/h18-23,38-39H,6-17,24-37H2,1-5H3/b21-18-,22-19-,23-20-. The zero-order chi connectivity index (χ0) is 30.1. The van der Waals surface area contributed by atoms with E-state index in [1.54, 1.807) is 0 Å². The van der Waals surface area contributed by atoms with Crippen LogP contribution in [-0.4, -0.2) is 38.3 Å². The highest BCUT2D eigenvalue weighted by Gasteiger charge is 2.21. The van der Waals surface area contributed by atoms with Crippen LogP contribution in [0.4, 0.5) is 0 Å². The second-order valence-electron chi connectivity index (χ2n) is 12.7. The normalized spacial score (nSPS) is 13.2. The molecule has 0 fully saturated rings. The average Bonchev–Trinajstić information content (AvgIpc) is 2.96. The van der Waals surface area contributed by atoms with Crippen LogP contribution in [0.5, 0.6) is 0 Å². The van der Waals surface area contributed by atoms with Gasteiger partial charge in [0.25, 0.3) is 0 Å². The summed E-state index contributed by atoms with van der Waals surface area (Å²) in [5.74, 6) is 0.701. The number of hydrogen-bond donors (Lipinski definition) is 0. The third-order valence-corrected chi connectivity index (χ3v) is 8.28. The lowest BCUT2D eigenvalue weighted by atomic mass is 9.87. The molecule has 1 atom stereocenters. The van der Waals surface area contributed by atoms with Crippen LogP contribution in [0.2, 0.25) is 0 Å². The first kappa shape index (κ1) is 40.1. The second-order valence-corrected chi connectivity index (χ2v) is 12.7. The van der Waals surface area contributed by atoms with Gasteiger partial charge in [0.2, 0.25) is 0 Å². The summed E-state index contributed by atoms with van der Waals surface area (Å²) in [6.07, 6.45) is 46.1. The molecular formula is C39H75NO. The molecule has 41 heavy (non-hydrogen) atoms. The van der Waals surface area contributed by atoms with E-state index in [0.717, 1.165) is 6.61 Å². The average molecular weight is 574 g/mol. The third-order valence-electron chi connectivity index (χ3n) is 8.28. The van der Waals surface area contributed by atoms with Crippen molar-refractivity contribution in [3.63, 3.8) is 0 Å². The minimum absolute atomic E-state index is 0.430. The van der Waals surface area contributed by atoms with Crippen LogP contribution in [-0.2, 0) is 4.74 Å². The molecule has 2 heteroatoms. The zero-order valence-corrected chi connectivity index (χ0v) is 28.9. The smallest absolute Gasteiger partial charge is 0.0603 e. The van der Waals surface area contributed by atoms with Crippen molar-refractivity contribution in [2.75, 3.05) is 27.2 Å². The topological polar surface area (TPSA) is 12.5 Å². The maximum atomic E-state index is 6.74. The molecule has 2 nitrogen and oxygen atoms in total. The van der Waals surface area contributed by atoms with Crippen molar-refractivity contribution in [2.24, 2.45) is 5.92 Å². The zero-order valence-electron chi connectivity index (χ0n) is 28.9. The van der Waals surface area contributed by atoms with E-state index in [9.17, 15) is 0 Å². The minimum Gasteiger partial charge on any atom is -0.378 e. The molecule has 0 saturated heterocycles. The number of ether oxygens (including phenoxy) is 1. The Morgan fingerprint density at radius 1 is 0.463 bits per heavy atom. The molecule has 0 aromatic heterocycles. The monoisotopic (exact) mass is 574 g/mol. The van der Waals surface area contributed by atoms with Gasteiger partial charge in [0.1, 0.15) is 0 Å². The lowest BCUT2D eigenvalue weighted by Crippen LogP contribution is -2.25. The predicted octanol–water partition coefficient (Wildman–Crippen LogP) is 12.6. The fraction of sp³-hybridized carbons (Fsp3) is 0.846. The molecule has 0 aromatic carbocycles. The van der Waals surface area contributed by atoms with Gasteiger partial charge in [-0.25, -0.2) is 0 Å². The summed E-state index contributed by atoms with van der Waals surface area (Å²) in [4.78, 5) is 2.30. The first-order valence-corrected chi connectivity index (χ1v) is 18.4. The second kappa shape index (κ2) is 33.6. The molecule has 0 saturated carbocycles. The van der Waals surface area contributed by atoms with Crippen molar-refractivity contribution in [1.82, 2.24) is 4.90 Å². The van der Waals surface area contributed by atoms with E-state index in [1.807, 2.05) is 0 Å². The molecule has 0 radical (unpaired) electrons. The highest BCUT2D eigenvalue weighted by Crippen LogP contribution is 2.27. The summed E-state index contributed by atoms with van der Waals surface area (Å²) in [6, 6.07) is 0. The Morgan fingerprint density at radius 2 is 0.878 bits per heavy atom. The molecule has 0 aromatic rings. The maximum absolute atomic E-state index is 6.74. The Morgan fingerprint density at radius 3 is 1.29 bits per heavy atom. The summed E-state index contributed by atoms with van der Waals surface area (Å²) < 4.78 is 6.74. The number of rotatable bonds is 32. The molecule has 0 aliphatic heterocycles. The molecule has 0 spiro atoms. The van der Waals surface area contributed by atoms with Gasteiger partial charge in [-0.1, -0.05) is 95.8 Å². The van der Waals surface area contributed by atoms with Gasteiger partial charge < -0.3 is 9.64 Å². The largest absolute Gasteiger partial charge is 0.378 e. The Bertz CT molecular complexity index is 552. The molecule has 242 valence electrons. The maximum Gasteiger partial charge on any atom is 0.0603 e. The van der Waals surface area contributed by atoms with Gasteiger partial charge in [0.15, 0.2) is 0 Å². The summed E-state index contributed by atoms with van der Waals surface area (Å²) in [5.41, 5.74) is 0. The molecule has 0 aliphatic carbocycles. The van der Waals surface area contributed by atoms with Crippen LogP contribution < -0.4 is 0 Å². The summed E-state index contributed by atoms with van der Waals surface area (Å²) in [5, 5.41) is 0. The molecule has 0 bridgehead atoms. The van der Waals surface area contributed by atoms with Crippen LogP contribution >= 0.6 is 0 Å². The van der Waals surface area contributed by atoms with Gasteiger partial charge >= 0.3 is 0 Å². The van der Waals surface area contributed by atoms with Gasteiger partial charge in [-0.3, -0.25) is 0 Å². The van der Waals surface area contributed by atoms with E-state index < -0.39 is 0 Å². The SMILES string of the molecule is CCCCC/C=C\CCCC(CCC/C=C\CCCCC)C(CCC/C=C\CCCCC)OCCCCCN(C)C. The number of hydrogen-bond acceptors (Lipinski definition) is 2. The summed E-state index contributed by atoms with van der Waals surface area (Å²) in [6.45, 7) is 9.00. The van der Waals surface area contributed by atoms with Gasteiger partial charge in [0.05, 0.1) is 6.10 Å². The molecule has 0 amide bonds. The summed E-state index contributed by atoms with van der Waals surface area (Å²) >= 11 is 0. The van der Waals surface area contributed by atoms with Gasteiger partial charge in [-0.2, -0.15) is 0 Å². The van der Waals surface area contributed by atoms with Crippen LogP contribution in [0, 0.1) is 5.92 Å². The predicted molar refractivity (Wildman–Crippen MR) is 187 cm³/mol. The minimum atomic E-state index is 0.430. The van der Waals surface area contributed by atoms with Gasteiger partial charge in [-0.15, -0.1) is 0 Å². The number of nitrogens with zero attached hydrogens (tertiary/aromatic N) is 1. The quantitative estimate of drug-likeness (QED) is 0.0586. The van der Waals surface area contributed by atoms with E-state index in [2.05, 4.69) is 76.2 Å². The van der Waals surface area contributed by atoms with E-state index in [1.165, 1.54) is 161 Å². The fourth-order valence-electron chi connectivity index (χ4n) is 5.59. The van der Waals surface area contributed by atoms with Crippen molar-refractivity contribution >= 4 is 0 Å². The Labute approximate surface area is 259 Å². The number of unbranched alkanes of at least 4 members (excludes halogenated alkanes) is 14. The summed E-state index contributed by atoms with van der Waals surface area (Å²) in [7, 11) is 4.35. The number of allylic oxidation sites excluding steroid dienone is 6. The van der Waals surface area contributed by atoms with Crippen molar-refractivity contribution < 1.29 is 4.74 Å². The lowest BCUT2D eigenvalue weighted by Gasteiger charge is -2.28. The van der Waals surface area contributed by atoms with Gasteiger partial charge in [0, 0.05) is 6.61 Å². The van der Waals surface area contributed by atoms with E-state index >= 15 is 0 Å². The van der Waals surface area contributed by atoms with Crippen molar-refractivity contribution in [2.45, 2.75) is 181 Å². The molecular weight excluding hydrogens is 498 g/mol. The van der Waals surface area contributed by atoms with Gasteiger partial charge in [-0.05, 0) is 142 Å². The van der Waals surface area contributed by atoms with Crippen molar-refractivity contribution in [1.29, 1.82) is 0 Å². The fourth-order valence-corrected chi connectivity index (χ4v) is 5.59. The van der Waals surface area contributed by atoms with E-state index in [0.29, 0.717) is 12.0 Å². The molecule has 0 aliphatic rings. The van der Waals surface area contributed by atoms with Crippen molar-refractivity contribution in [3.05, 3.63) is 36.5 Å². The van der Waals surface area contributed by atoms with Crippen LogP contribution in [0.25, 0.3) is 0 Å². The molecule has 0 rings (SSSR count). The van der Waals surface area contributed by atoms with Crippen LogP contribution in [0.3, 0.4) is 0 Å². The molecule has 1 unspecified atom stereocenters. The molecule has 0 N–H and O–H groups in total. The van der Waals surface area contributed by atoms with E-state index in [4.69, 9.17) is 4.74 Å².